The van der Waals surface area contributed by atoms with E-state index >= 15 is 0 Å². The molecule has 84 valence electrons. The Morgan fingerprint density at radius 3 is 2.29 bits per heavy atom. The normalized spacial score (nSPS) is 13.2. The zero-order valence-corrected chi connectivity index (χ0v) is 10.9. The van der Waals surface area contributed by atoms with Crippen molar-refractivity contribution in [1.29, 1.82) is 0 Å². The summed E-state index contributed by atoms with van der Waals surface area (Å²) in [7, 11) is 1.92. The van der Waals surface area contributed by atoms with Gasteiger partial charge in [0, 0.05) is 20.3 Å². The van der Waals surface area contributed by atoms with E-state index in [1.165, 1.54) is 0 Å². The molecule has 0 N–H and O–H groups in total. The summed E-state index contributed by atoms with van der Waals surface area (Å²) >= 11 is 0. The van der Waals surface area contributed by atoms with Gasteiger partial charge in [0.25, 0.3) is 0 Å². The van der Waals surface area contributed by atoms with Crippen LogP contribution in [0.1, 0.15) is 20.3 Å². The molecule has 4 heteroatoms. The van der Waals surface area contributed by atoms with Crippen LogP contribution in [0.5, 0.6) is 0 Å². The number of hydrogen-bond donors (Lipinski definition) is 0. The first kappa shape index (κ1) is 13.8. The SMILES string of the molecule is C=C(C)COC(CC)C[SiH](OC)OC. The van der Waals surface area contributed by atoms with Crippen molar-refractivity contribution in [1.82, 2.24) is 0 Å². The van der Waals surface area contributed by atoms with Gasteiger partial charge in [-0.15, -0.1) is 0 Å². The standard InChI is InChI=1S/C10H22O3Si/c1-6-10(13-7-9(2)3)8-14(11-4)12-5/h10,14H,2,6-8H2,1,3-5H3. The maximum absolute atomic E-state index is 5.66. The lowest BCUT2D eigenvalue weighted by Crippen LogP contribution is -2.27. The topological polar surface area (TPSA) is 27.7 Å². The second-order valence-electron chi connectivity index (χ2n) is 3.44. The van der Waals surface area contributed by atoms with Gasteiger partial charge in [-0.2, -0.15) is 0 Å². The fourth-order valence-corrected chi connectivity index (χ4v) is 2.59. The third kappa shape index (κ3) is 6.31. The molecule has 0 heterocycles. The van der Waals surface area contributed by atoms with Crippen molar-refractivity contribution in [3.05, 3.63) is 12.2 Å². The van der Waals surface area contributed by atoms with E-state index in [2.05, 4.69) is 13.5 Å². The molecule has 3 nitrogen and oxygen atoms in total. The van der Waals surface area contributed by atoms with Crippen molar-refractivity contribution in [2.45, 2.75) is 32.4 Å². The minimum atomic E-state index is -1.49. The van der Waals surface area contributed by atoms with Crippen molar-refractivity contribution in [2.24, 2.45) is 0 Å². The average Bonchev–Trinajstić information content (AvgIpc) is 2.18. The molecule has 14 heavy (non-hydrogen) atoms. The molecule has 1 unspecified atom stereocenters. The van der Waals surface area contributed by atoms with Gasteiger partial charge < -0.3 is 13.6 Å². The highest BCUT2D eigenvalue weighted by Crippen LogP contribution is 2.09. The quantitative estimate of drug-likeness (QED) is 0.460. The molecule has 0 fully saturated rings. The van der Waals surface area contributed by atoms with Gasteiger partial charge in [0.05, 0.1) is 12.7 Å². The van der Waals surface area contributed by atoms with Gasteiger partial charge >= 0.3 is 9.28 Å². The fourth-order valence-electron chi connectivity index (χ4n) is 1.12. The second-order valence-corrected chi connectivity index (χ2v) is 5.71. The van der Waals surface area contributed by atoms with Crippen LogP contribution in [-0.2, 0) is 13.6 Å². The maximum atomic E-state index is 5.66. The molecule has 0 aliphatic heterocycles. The third-order valence-electron chi connectivity index (χ3n) is 2.00. The van der Waals surface area contributed by atoms with Crippen molar-refractivity contribution >= 4 is 9.28 Å². The zero-order chi connectivity index (χ0) is 11.0. The molecule has 0 aromatic carbocycles. The van der Waals surface area contributed by atoms with Crippen LogP contribution in [0, 0.1) is 0 Å². The number of hydrogen-bond acceptors (Lipinski definition) is 3. The molecule has 0 spiro atoms. The molecule has 0 aliphatic carbocycles. The van der Waals surface area contributed by atoms with Gasteiger partial charge in [-0.25, -0.2) is 0 Å². The average molecular weight is 218 g/mol. The summed E-state index contributed by atoms with van der Waals surface area (Å²) in [4.78, 5) is 0. The van der Waals surface area contributed by atoms with Crippen LogP contribution in [0.15, 0.2) is 12.2 Å². The largest absolute Gasteiger partial charge is 0.400 e. The van der Waals surface area contributed by atoms with Gasteiger partial charge in [-0.1, -0.05) is 19.1 Å². The van der Waals surface area contributed by atoms with Crippen LogP contribution in [-0.4, -0.2) is 36.2 Å². The fraction of sp³-hybridized carbons (Fsp3) is 0.800. The number of ether oxygens (including phenoxy) is 1. The minimum Gasteiger partial charge on any atom is -0.400 e. The minimum absolute atomic E-state index is 0.239. The highest BCUT2D eigenvalue weighted by Gasteiger charge is 2.17. The molecule has 0 radical (unpaired) electrons. The van der Waals surface area contributed by atoms with E-state index in [0.29, 0.717) is 6.61 Å². The zero-order valence-electron chi connectivity index (χ0n) is 9.71. The number of rotatable bonds is 8. The summed E-state index contributed by atoms with van der Waals surface area (Å²) in [6.07, 6.45) is 1.23. The van der Waals surface area contributed by atoms with Crippen LogP contribution >= 0.6 is 0 Å². The first-order valence-electron chi connectivity index (χ1n) is 4.95. The molecule has 0 amide bonds. The molecule has 0 saturated heterocycles. The summed E-state index contributed by atoms with van der Waals surface area (Å²) in [5.41, 5.74) is 1.05. The van der Waals surface area contributed by atoms with Crippen LogP contribution in [0.4, 0.5) is 0 Å². The van der Waals surface area contributed by atoms with Gasteiger partial charge in [0.2, 0.25) is 0 Å². The van der Waals surface area contributed by atoms with Gasteiger partial charge in [0.15, 0.2) is 0 Å². The molecule has 0 saturated carbocycles. The van der Waals surface area contributed by atoms with E-state index in [1.807, 2.05) is 6.92 Å². The summed E-state index contributed by atoms with van der Waals surface area (Å²) in [6, 6.07) is 0.900. The van der Waals surface area contributed by atoms with E-state index in [9.17, 15) is 0 Å². The highest BCUT2D eigenvalue weighted by molar-refractivity contribution is 6.44. The Morgan fingerprint density at radius 2 is 1.93 bits per heavy atom. The molecule has 0 aromatic heterocycles. The summed E-state index contributed by atoms with van der Waals surface area (Å²) in [5.74, 6) is 0. The van der Waals surface area contributed by atoms with E-state index in [-0.39, 0.29) is 6.10 Å². The predicted molar refractivity (Wildman–Crippen MR) is 60.8 cm³/mol. The summed E-state index contributed by atoms with van der Waals surface area (Å²) in [6.45, 7) is 8.51. The Balaban J connectivity index is 3.82. The molecule has 0 aliphatic rings. The molecule has 1 atom stereocenters. The lowest BCUT2D eigenvalue weighted by Gasteiger charge is -2.19. The third-order valence-corrected chi connectivity index (χ3v) is 3.96. The molecule has 0 aromatic rings. The van der Waals surface area contributed by atoms with Crippen molar-refractivity contribution in [2.75, 3.05) is 20.8 Å². The molecule has 0 rings (SSSR count). The van der Waals surface area contributed by atoms with Crippen LogP contribution in [0.3, 0.4) is 0 Å². The van der Waals surface area contributed by atoms with Crippen molar-refractivity contribution in [3.8, 4) is 0 Å². The molecular formula is C10H22O3Si. The van der Waals surface area contributed by atoms with E-state index in [4.69, 9.17) is 13.6 Å². The lowest BCUT2D eigenvalue weighted by molar-refractivity contribution is 0.0738. The van der Waals surface area contributed by atoms with Crippen molar-refractivity contribution in [3.63, 3.8) is 0 Å². The smallest absolute Gasteiger partial charge is 0.323 e. The summed E-state index contributed by atoms with van der Waals surface area (Å²) in [5, 5.41) is 0. The van der Waals surface area contributed by atoms with Crippen LogP contribution in [0.2, 0.25) is 6.04 Å². The van der Waals surface area contributed by atoms with Gasteiger partial charge in [-0.3, -0.25) is 0 Å². The van der Waals surface area contributed by atoms with E-state index in [1.54, 1.807) is 14.2 Å². The maximum Gasteiger partial charge on any atom is 0.323 e. The summed E-state index contributed by atoms with van der Waals surface area (Å²) < 4.78 is 16.2. The Bertz CT molecular complexity index is 157. The van der Waals surface area contributed by atoms with Crippen LogP contribution < -0.4 is 0 Å². The van der Waals surface area contributed by atoms with Crippen LogP contribution in [0.25, 0.3) is 0 Å². The van der Waals surface area contributed by atoms with E-state index in [0.717, 1.165) is 18.0 Å². The van der Waals surface area contributed by atoms with Gasteiger partial charge in [-0.05, 0) is 13.3 Å². The Kier molecular flexibility index (Phi) is 8.08. The first-order chi connectivity index (χ1) is 6.63. The Hall–Kier alpha value is -0.163. The second kappa shape index (κ2) is 8.17. The lowest BCUT2D eigenvalue weighted by atomic mass is 10.3. The Morgan fingerprint density at radius 1 is 1.36 bits per heavy atom. The first-order valence-corrected chi connectivity index (χ1v) is 6.71. The van der Waals surface area contributed by atoms with Gasteiger partial charge in [0.1, 0.15) is 0 Å². The highest BCUT2D eigenvalue weighted by atomic mass is 28.3. The monoisotopic (exact) mass is 218 g/mol. The molecular weight excluding hydrogens is 196 g/mol. The van der Waals surface area contributed by atoms with Crippen molar-refractivity contribution < 1.29 is 13.6 Å². The van der Waals surface area contributed by atoms with E-state index < -0.39 is 9.28 Å². The predicted octanol–water partition coefficient (Wildman–Crippen LogP) is 1.87. The Labute approximate surface area is 88.9 Å². The molecule has 0 bridgehead atoms.